The summed E-state index contributed by atoms with van der Waals surface area (Å²) in [6.45, 7) is 0.350. The number of benzene rings is 1. The van der Waals surface area contributed by atoms with Crippen molar-refractivity contribution in [2.24, 2.45) is 0 Å². The van der Waals surface area contributed by atoms with Gasteiger partial charge in [-0.1, -0.05) is 12.1 Å². The Morgan fingerprint density at radius 2 is 2.10 bits per heavy atom. The molecule has 0 aliphatic carbocycles. The zero-order valence-corrected chi connectivity index (χ0v) is 16.1. The van der Waals surface area contributed by atoms with Crippen LogP contribution in [0.25, 0.3) is 10.2 Å². The lowest BCUT2D eigenvalue weighted by atomic mass is 10.2. The maximum absolute atomic E-state index is 12.4. The number of fused-ring (bicyclic) bond motifs is 1. The summed E-state index contributed by atoms with van der Waals surface area (Å²) in [7, 11) is 0. The number of thiophene rings is 1. The zero-order chi connectivity index (χ0) is 20.4. The fraction of sp³-hybridized carbons (Fsp3) is 0.211. The van der Waals surface area contributed by atoms with Crippen molar-refractivity contribution in [2.75, 3.05) is 11.9 Å². The Labute approximate surface area is 169 Å². The first kappa shape index (κ1) is 18.8. The van der Waals surface area contributed by atoms with Crippen LogP contribution in [0.1, 0.15) is 12.0 Å². The number of rotatable bonds is 6. The summed E-state index contributed by atoms with van der Waals surface area (Å²) in [5.74, 6) is -0.541. The Morgan fingerprint density at radius 3 is 2.90 bits per heavy atom. The molecule has 29 heavy (non-hydrogen) atoms. The van der Waals surface area contributed by atoms with E-state index in [1.165, 1.54) is 22.2 Å². The van der Waals surface area contributed by atoms with E-state index in [9.17, 15) is 19.2 Å². The molecule has 2 aromatic heterocycles. The van der Waals surface area contributed by atoms with E-state index in [4.69, 9.17) is 0 Å². The third kappa shape index (κ3) is 4.02. The lowest BCUT2D eigenvalue weighted by Gasteiger charge is -2.13. The molecule has 1 aliphatic heterocycles. The van der Waals surface area contributed by atoms with Crippen LogP contribution in [0.4, 0.5) is 10.5 Å². The molecule has 2 N–H and O–H groups in total. The molecule has 1 aliphatic rings. The normalized spacial score (nSPS) is 13.7. The topological polar surface area (TPSA) is 113 Å². The number of nitrogens with one attached hydrogen (secondary N) is 2. The number of carbonyl (C=O) groups is 3. The van der Waals surface area contributed by atoms with Gasteiger partial charge in [-0.05, 0) is 29.1 Å². The van der Waals surface area contributed by atoms with Crippen molar-refractivity contribution in [2.45, 2.75) is 19.5 Å². The third-order valence-corrected chi connectivity index (χ3v) is 5.34. The summed E-state index contributed by atoms with van der Waals surface area (Å²) in [4.78, 5) is 54.0. The van der Waals surface area contributed by atoms with Crippen LogP contribution in [0, 0.1) is 0 Å². The van der Waals surface area contributed by atoms with Crippen molar-refractivity contribution in [3.63, 3.8) is 0 Å². The van der Waals surface area contributed by atoms with Gasteiger partial charge in [-0.25, -0.2) is 9.78 Å². The summed E-state index contributed by atoms with van der Waals surface area (Å²) in [6, 6.07) is 8.24. The second kappa shape index (κ2) is 7.84. The van der Waals surface area contributed by atoms with Crippen molar-refractivity contribution in [3.8, 4) is 0 Å². The molecule has 1 aromatic carbocycles. The molecule has 0 unspecified atom stereocenters. The van der Waals surface area contributed by atoms with Crippen LogP contribution in [0.3, 0.4) is 0 Å². The van der Waals surface area contributed by atoms with Gasteiger partial charge in [-0.3, -0.25) is 23.9 Å². The number of imide groups is 1. The van der Waals surface area contributed by atoms with Gasteiger partial charge in [-0.2, -0.15) is 0 Å². The maximum atomic E-state index is 12.4. The van der Waals surface area contributed by atoms with Crippen LogP contribution in [-0.4, -0.2) is 38.8 Å². The predicted octanol–water partition coefficient (Wildman–Crippen LogP) is 1.54. The van der Waals surface area contributed by atoms with E-state index in [1.54, 1.807) is 30.3 Å². The minimum atomic E-state index is -0.425. The maximum Gasteiger partial charge on any atom is 0.324 e. The van der Waals surface area contributed by atoms with Gasteiger partial charge < -0.3 is 10.6 Å². The molecule has 0 bridgehead atoms. The first-order valence-electron chi connectivity index (χ1n) is 8.91. The second-order valence-electron chi connectivity index (χ2n) is 6.52. The Kier molecular flexibility index (Phi) is 5.09. The lowest BCUT2D eigenvalue weighted by Crippen LogP contribution is -2.30. The smallest absolute Gasteiger partial charge is 0.324 e. The van der Waals surface area contributed by atoms with Crippen molar-refractivity contribution < 1.29 is 14.4 Å². The minimum absolute atomic E-state index is 0.000653. The van der Waals surface area contributed by atoms with Crippen molar-refractivity contribution in [1.29, 1.82) is 0 Å². The van der Waals surface area contributed by atoms with E-state index < -0.39 is 6.03 Å². The monoisotopic (exact) mass is 411 g/mol. The molecule has 0 saturated carbocycles. The first-order chi connectivity index (χ1) is 14.0. The molecule has 9 nitrogen and oxygen atoms in total. The fourth-order valence-electron chi connectivity index (χ4n) is 3.04. The van der Waals surface area contributed by atoms with Crippen LogP contribution < -0.4 is 16.2 Å². The molecule has 0 spiro atoms. The van der Waals surface area contributed by atoms with Crippen LogP contribution in [-0.2, 0) is 22.7 Å². The van der Waals surface area contributed by atoms with Gasteiger partial charge in [0, 0.05) is 18.7 Å². The number of amides is 4. The summed E-state index contributed by atoms with van der Waals surface area (Å²) in [5, 5.41) is 7.60. The molecular weight excluding hydrogens is 394 g/mol. The van der Waals surface area contributed by atoms with Gasteiger partial charge in [0.2, 0.25) is 11.8 Å². The summed E-state index contributed by atoms with van der Waals surface area (Å²) >= 11 is 1.40. The molecule has 1 fully saturated rings. The van der Waals surface area contributed by atoms with Gasteiger partial charge in [0.25, 0.3) is 5.56 Å². The number of urea groups is 1. The number of aromatic nitrogens is 2. The van der Waals surface area contributed by atoms with Crippen molar-refractivity contribution >= 4 is 45.1 Å². The highest BCUT2D eigenvalue weighted by Crippen LogP contribution is 2.15. The van der Waals surface area contributed by atoms with Gasteiger partial charge in [0.15, 0.2) is 0 Å². The molecular formula is C19H17N5O4S. The van der Waals surface area contributed by atoms with Crippen molar-refractivity contribution in [3.05, 3.63) is 58.0 Å². The Balaban J connectivity index is 1.38. The quantitative estimate of drug-likeness (QED) is 0.598. The van der Waals surface area contributed by atoms with Crippen LogP contribution in [0.15, 0.2) is 46.8 Å². The molecule has 3 aromatic rings. The molecule has 1 saturated heterocycles. The number of hydrogen-bond acceptors (Lipinski definition) is 6. The Bertz CT molecular complexity index is 1150. The number of hydrogen-bond donors (Lipinski definition) is 2. The largest absolute Gasteiger partial charge is 0.329 e. The van der Waals surface area contributed by atoms with Crippen LogP contribution in [0.2, 0.25) is 0 Å². The third-order valence-electron chi connectivity index (χ3n) is 4.52. The van der Waals surface area contributed by atoms with E-state index in [0.29, 0.717) is 15.9 Å². The molecule has 0 atom stereocenters. The van der Waals surface area contributed by atoms with Crippen LogP contribution in [0.5, 0.6) is 0 Å². The Morgan fingerprint density at radius 1 is 1.24 bits per heavy atom. The lowest BCUT2D eigenvalue weighted by molar-refractivity contribution is -0.125. The molecule has 10 heteroatoms. The average Bonchev–Trinajstić information content (AvgIpc) is 3.30. The van der Waals surface area contributed by atoms with Gasteiger partial charge in [0.05, 0.1) is 24.8 Å². The fourth-order valence-corrected chi connectivity index (χ4v) is 3.77. The molecule has 148 valence electrons. The standard InChI is InChI=1S/C19H17N5O4S/c25-15(4-6-23-11-21-17-14(18(23)27)5-7-29-17)22-13-3-1-2-12(8-13)10-24-16(26)9-20-19(24)28/h1-3,5,7-8,11H,4,6,9-10H2,(H,20,28)(H,22,25). The molecule has 0 radical (unpaired) electrons. The van der Waals surface area contributed by atoms with E-state index in [-0.39, 0.29) is 43.4 Å². The summed E-state index contributed by atoms with van der Waals surface area (Å²) < 4.78 is 1.42. The molecule has 3 heterocycles. The van der Waals surface area contributed by atoms with Crippen LogP contribution >= 0.6 is 11.3 Å². The number of nitrogens with zero attached hydrogens (tertiary/aromatic N) is 3. The number of carbonyl (C=O) groups excluding carboxylic acids is 3. The van der Waals surface area contributed by atoms with E-state index in [1.807, 2.05) is 5.38 Å². The predicted molar refractivity (Wildman–Crippen MR) is 108 cm³/mol. The minimum Gasteiger partial charge on any atom is -0.329 e. The van der Waals surface area contributed by atoms with Crippen molar-refractivity contribution in [1.82, 2.24) is 19.8 Å². The van der Waals surface area contributed by atoms with Gasteiger partial charge >= 0.3 is 6.03 Å². The summed E-state index contributed by atoms with van der Waals surface area (Å²) in [5.41, 5.74) is 1.11. The summed E-state index contributed by atoms with van der Waals surface area (Å²) in [6.07, 6.45) is 1.56. The SMILES string of the molecule is O=C(CCn1cnc2sccc2c1=O)Nc1cccc(CN2C(=O)CNC2=O)c1. The number of aryl methyl sites for hydroxylation is 1. The zero-order valence-electron chi connectivity index (χ0n) is 15.3. The molecule has 4 amide bonds. The van der Waals surface area contributed by atoms with Gasteiger partial charge in [-0.15, -0.1) is 11.3 Å². The van der Waals surface area contributed by atoms with E-state index >= 15 is 0 Å². The highest BCUT2D eigenvalue weighted by Gasteiger charge is 2.28. The molecule has 4 rings (SSSR count). The van der Waals surface area contributed by atoms with E-state index in [2.05, 4.69) is 15.6 Å². The highest BCUT2D eigenvalue weighted by atomic mass is 32.1. The average molecular weight is 411 g/mol. The Hall–Kier alpha value is -3.53. The number of anilines is 1. The first-order valence-corrected chi connectivity index (χ1v) is 9.79. The van der Waals surface area contributed by atoms with Gasteiger partial charge in [0.1, 0.15) is 4.83 Å². The van der Waals surface area contributed by atoms with E-state index in [0.717, 1.165) is 10.5 Å². The second-order valence-corrected chi connectivity index (χ2v) is 7.41. The highest BCUT2D eigenvalue weighted by molar-refractivity contribution is 7.16.